The minimum absolute atomic E-state index is 0.0111. The Morgan fingerprint density at radius 3 is 2.67 bits per heavy atom. The molecule has 1 heterocycles. The van der Waals surface area contributed by atoms with Crippen LogP contribution in [0.2, 0.25) is 0 Å². The lowest BCUT2D eigenvalue weighted by atomic mass is 10.1. The molecule has 5 nitrogen and oxygen atoms in total. The Kier molecular flexibility index (Phi) is 5.17. The second-order valence-corrected chi connectivity index (χ2v) is 7.35. The lowest BCUT2D eigenvalue weighted by Crippen LogP contribution is -2.30. The fourth-order valence-electron chi connectivity index (χ4n) is 2.17. The van der Waals surface area contributed by atoms with E-state index in [1.807, 2.05) is 0 Å². The van der Waals surface area contributed by atoms with Crippen molar-refractivity contribution in [2.24, 2.45) is 5.92 Å². The van der Waals surface area contributed by atoms with E-state index < -0.39 is 9.84 Å². The molecule has 21 heavy (non-hydrogen) atoms. The van der Waals surface area contributed by atoms with Crippen LogP contribution in [0, 0.1) is 11.7 Å². The fourth-order valence-corrected chi connectivity index (χ4v) is 4.03. The molecule has 1 N–H and O–H groups in total. The molecule has 1 aromatic carbocycles. The van der Waals surface area contributed by atoms with Crippen LogP contribution in [-0.2, 0) is 14.6 Å². The highest BCUT2D eigenvalue weighted by molar-refractivity contribution is 7.91. The van der Waals surface area contributed by atoms with Crippen LogP contribution in [-0.4, -0.2) is 39.0 Å². The third kappa shape index (κ3) is 5.34. The number of ether oxygens (including phenoxy) is 1. The summed E-state index contributed by atoms with van der Waals surface area (Å²) in [6.07, 6.45) is 0.783. The van der Waals surface area contributed by atoms with Gasteiger partial charge in [-0.1, -0.05) is 0 Å². The first-order valence-electron chi connectivity index (χ1n) is 6.80. The normalized spacial score (nSPS) is 20.1. The number of carbonyl (C=O) groups is 1. The highest BCUT2D eigenvalue weighted by atomic mass is 32.2. The molecule has 116 valence electrons. The first-order valence-corrected chi connectivity index (χ1v) is 8.62. The molecule has 1 aliphatic rings. The number of rotatable bonds is 6. The molecule has 0 spiro atoms. The topological polar surface area (TPSA) is 72.5 Å². The third-order valence-electron chi connectivity index (χ3n) is 3.33. The SMILES string of the molecule is O=C(CCOc1ccc(F)cc1)NC[C@H]1CCS(=O)(=O)C1. The summed E-state index contributed by atoms with van der Waals surface area (Å²) in [5, 5.41) is 2.71. The lowest BCUT2D eigenvalue weighted by Gasteiger charge is -2.10. The fraction of sp³-hybridized carbons (Fsp3) is 0.500. The van der Waals surface area contributed by atoms with Crippen molar-refractivity contribution in [3.8, 4) is 5.75 Å². The van der Waals surface area contributed by atoms with Gasteiger partial charge in [-0.2, -0.15) is 0 Å². The van der Waals surface area contributed by atoms with E-state index >= 15 is 0 Å². The van der Waals surface area contributed by atoms with E-state index in [0.29, 0.717) is 18.7 Å². The van der Waals surface area contributed by atoms with E-state index in [9.17, 15) is 17.6 Å². The lowest BCUT2D eigenvalue weighted by molar-refractivity contribution is -0.121. The molecule has 0 aliphatic carbocycles. The van der Waals surface area contributed by atoms with Crippen molar-refractivity contribution in [3.05, 3.63) is 30.1 Å². The molecule has 1 aromatic rings. The van der Waals surface area contributed by atoms with Crippen molar-refractivity contribution in [1.29, 1.82) is 0 Å². The zero-order chi connectivity index (χ0) is 15.3. The molecule has 1 saturated heterocycles. The van der Waals surface area contributed by atoms with Gasteiger partial charge < -0.3 is 10.1 Å². The van der Waals surface area contributed by atoms with Crippen LogP contribution in [0.3, 0.4) is 0 Å². The van der Waals surface area contributed by atoms with Crippen LogP contribution in [0.4, 0.5) is 4.39 Å². The molecule has 1 amide bonds. The zero-order valence-corrected chi connectivity index (χ0v) is 12.4. The Bertz CT molecular complexity index is 585. The summed E-state index contributed by atoms with van der Waals surface area (Å²) in [6.45, 7) is 0.578. The van der Waals surface area contributed by atoms with E-state index in [4.69, 9.17) is 4.74 Å². The average Bonchev–Trinajstić information content (AvgIpc) is 2.78. The van der Waals surface area contributed by atoms with Gasteiger partial charge in [-0.05, 0) is 36.6 Å². The van der Waals surface area contributed by atoms with Gasteiger partial charge >= 0.3 is 0 Å². The standard InChI is InChI=1S/C14H18FNO4S/c15-12-1-3-13(4-2-12)20-7-5-14(17)16-9-11-6-8-21(18,19)10-11/h1-4,11H,5-10H2,(H,16,17)/t11-/m1/s1. The molecule has 0 aromatic heterocycles. The summed E-state index contributed by atoms with van der Waals surface area (Å²) in [7, 11) is -2.91. The van der Waals surface area contributed by atoms with Gasteiger partial charge in [0.1, 0.15) is 11.6 Å². The van der Waals surface area contributed by atoms with Crippen LogP contribution in [0.15, 0.2) is 24.3 Å². The summed E-state index contributed by atoms with van der Waals surface area (Å²) >= 11 is 0. The van der Waals surface area contributed by atoms with Crippen molar-refractivity contribution in [1.82, 2.24) is 5.32 Å². The summed E-state index contributed by atoms with van der Waals surface area (Å²) in [6, 6.07) is 5.57. The maximum absolute atomic E-state index is 12.7. The highest BCUT2D eigenvalue weighted by Gasteiger charge is 2.27. The van der Waals surface area contributed by atoms with Crippen molar-refractivity contribution in [3.63, 3.8) is 0 Å². The Morgan fingerprint density at radius 2 is 2.05 bits per heavy atom. The number of nitrogens with one attached hydrogen (secondary N) is 1. The molecule has 1 atom stereocenters. The number of halogens is 1. The molecule has 0 saturated carbocycles. The Labute approximate surface area is 123 Å². The van der Waals surface area contributed by atoms with Crippen LogP contribution in [0.25, 0.3) is 0 Å². The quantitative estimate of drug-likeness (QED) is 0.854. The summed E-state index contributed by atoms with van der Waals surface area (Å²) in [4.78, 5) is 11.6. The molecular weight excluding hydrogens is 297 g/mol. The Balaban J connectivity index is 1.63. The summed E-state index contributed by atoms with van der Waals surface area (Å²) < 4.78 is 40.5. The number of carbonyl (C=O) groups excluding carboxylic acids is 1. The molecule has 0 bridgehead atoms. The summed E-state index contributed by atoms with van der Waals surface area (Å²) in [5.41, 5.74) is 0. The molecule has 0 unspecified atom stereocenters. The molecule has 1 aliphatic heterocycles. The second kappa shape index (κ2) is 6.89. The van der Waals surface area contributed by atoms with Crippen LogP contribution >= 0.6 is 0 Å². The third-order valence-corrected chi connectivity index (χ3v) is 5.16. The van der Waals surface area contributed by atoms with Crippen molar-refractivity contribution in [2.45, 2.75) is 12.8 Å². The average molecular weight is 315 g/mol. The van der Waals surface area contributed by atoms with E-state index in [-0.39, 0.29) is 42.2 Å². The van der Waals surface area contributed by atoms with Crippen LogP contribution in [0.1, 0.15) is 12.8 Å². The maximum atomic E-state index is 12.7. The number of hydrogen-bond donors (Lipinski definition) is 1. The number of benzene rings is 1. The largest absolute Gasteiger partial charge is 0.493 e. The Morgan fingerprint density at radius 1 is 1.33 bits per heavy atom. The van der Waals surface area contributed by atoms with Gasteiger partial charge in [-0.25, -0.2) is 12.8 Å². The van der Waals surface area contributed by atoms with E-state index in [1.54, 1.807) is 0 Å². The summed E-state index contributed by atoms with van der Waals surface area (Å²) in [5.74, 6) is 0.358. The van der Waals surface area contributed by atoms with Gasteiger partial charge in [0, 0.05) is 6.54 Å². The van der Waals surface area contributed by atoms with Crippen LogP contribution in [0.5, 0.6) is 5.75 Å². The van der Waals surface area contributed by atoms with E-state index in [0.717, 1.165) is 0 Å². The van der Waals surface area contributed by atoms with Gasteiger partial charge in [0.25, 0.3) is 0 Å². The number of sulfone groups is 1. The second-order valence-electron chi connectivity index (χ2n) is 5.13. The predicted molar refractivity (Wildman–Crippen MR) is 76.3 cm³/mol. The first kappa shape index (κ1) is 15.8. The van der Waals surface area contributed by atoms with Gasteiger partial charge in [-0.15, -0.1) is 0 Å². The van der Waals surface area contributed by atoms with Gasteiger partial charge in [-0.3, -0.25) is 4.79 Å². The van der Waals surface area contributed by atoms with Gasteiger partial charge in [0.15, 0.2) is 9.84 Å². The van der Waals surface area contributed by atoms with E-state index in [2.05, 4.69) is 5.32 Å². The minimum Gasteiger partial charge on any atom is -0.493 e. The number of amides is 1. The van der Waals surface area contributed by atoms with Crippen molar-refractivity contribution >= 4 is 15.7 Å². The van der Waals surface area contributed by atoms with Crippen molar-refractivity contribution in [2.75, 3.05) is 24.7 Å². The molecule has 1 fully saturated rings. The highest BCUT2D eigenvalue weighted by Crippen LogP contribution is 2.17. The zero-order valence-electron chi connectivity index (χ0n) is 11.5. The monoisotopic (exact) mass is 315 g/mol. The Hall–Kier alpha value is -1.63. The molecule has 2 rings (SSSR count). The van der Waals surface area contributed by atoms with Gasteiger partial charge in [0.2, 0.25) is 5.91 Å². The molecule has 7 heteroatoms. The van der Waals surface area contributed by atoms with Crippen molar-refractivity contribution < 1.29 is 22.3 Å². The molecule has 0 radical (unpaired) electrons. The minimum atomic E-state index is -2.91. The molecular formula is C14H18FNO4S. The first-order chi connectivity index (χ1) is 9.94. The smallest absolute Gasteiger partial charge is 0.223 e. The van der Waals surface area contributed by atoms with E-state index in [1.165, 1.54) is 24.3 Å². The van der Waals surface area contributed by atoms with Crippen LogP contribution < -0.4 is 10.1 Å². The number of hydrogen-bond acceptors (Lipinski definition) is 4. The predicted octanol–water partition coefficient (Wildman–Crippen LogP) is 1.15. The van der Waals surface area contributed by atoms with Gasteiger partial charge in [0.05, 0.1) is 24.5 Å². The maximum Gasteiger partial charge on any atom is 0.223 e.